The van der Waals surface area contributed by atoms with Crippen LogP contribution in [-0.2, 0) is 16.8 Å². The first kappa shape index (κ1) is 25.5. The molecule has 1 amide bonds. The number of amides is 1. The van der Waals surface area contributed by atoms with Crippen LogP contribution in [0.4, 0.5) is 36.4 Å². The molecule has 0 atom stereocenters. The molecule has 0 bridgehead atoms. The minimum atomic E-state index is -6.12. The van der Waals surface area contributed by atoms with Crippen LogP contribution in [0.15, 0.2) is 66.7 Å². The molecule has 0 unspecified atom stereocenters. The van der Waals surface area contributed by atoms with Gasteiger partial charge in [0.05, 0.1) is 6.42 Å². The maximum absolute atomic E-state index is 14.5. The first-order valence-electron chi connectivity index (χ1n) is 9.53. The molecule has 0 radical (unpaired) electrons. The molecule has 0 saturated heterocycles. The molecule has 3 nitrogen and oxygen atoms in total. The smallest absolute Gasteiger partial charge is 0.369 e. The van der Waals surface area contributed by atoms with Crippen LogP contribution < -0.4 is 5.32 Å². The summed E-state index contributed by atoms with van der Waals surface area (Å²) in [6.45, 7) is 0. The molecule has 3 aromatic carbocycles. The lowest BCUT2D eigenvalue weighted by molar-refractivity contribution is -0.376. The summed E-state index contributed by atoms with van der Waals surface area (Å²) in [4.78, 5) is 12.2. The number of nitrogens with one attached hydrogen (secondary N) is 1. The van der Waals surface area contributed by atoms with Crippen molar-refractivity contribution < 1.29 is 40.6 Å². The van der Waals surface area contributed by atoms with Gasteiger partial charge in [0.2, 0.25) is 5.91 Å². The summed E-state index contributed by atoms with van der Waals surface area (Å²) >= 11 is 5.87. The van der Waals surface area contributed by atoms with Crippen molar-refractivity contribution in [2.24, 2.45) is 0 Å². The van der Waals surface area contributed by atoms with Crippen LogP contribution in [0.3, 0.4) is 0 Å². The monoisotopic (exact) mass is 505 g/mol. The van der Waals surface area contributed by atoms with Crippen molar-refractivity contribution in [3.05, 3.63) is 88.7 Å². The van der Waals surface area contributed by atoms with Crippen LogP contribution in [0.25, 0.3) is 11.1 Å². The highest BCUT2D eigenvalue weighted by Crippen LogP contribution is 2.50. The number of benzene rings is 3. The average Bonchev–Trinajstić information content (AvgIpc) is 2.72. The van der Waals surface area contributed by atoms with Crippen molar-refractivity contribution in [3.8, 4) is 11.1 Å². The van der Waals surface area contributed by atoms with Gasteiger partial charge in [-0.3, -0.25) is 4.79 Å². The van der Waals surface area contributed by atoms with Crippen LogP contribution >= 0.6 is 11.6 Å². The minimum absolute atomic E-state index is 0.00298. The van der Waals surface area contributed by atoms with Gasteiger partial charge in [-0.25, -0.2) is 4.39 Å². The van der Waals surface area contributed by atoms with Gasteiger partial charge in [0.25, 0.3) is 5.60 Å². The average molecular weight is 506 g/mol. The van der Waals surface area contributed by atoms with E-state index in [2.05, 4.69) is 5.32 Å². The van der Waals surface area contributed by atoms with Crippen molar-refractivity contribution in [2.45, 2.75) is 24.4 Å². The summed E-state index contributed by atoms with van der Waals surface area (Å²) in [5.41, 5.74) is -6.10. The number of rotatable bonds is 5. The fourth-order valence-corrected chi connectivity index (χ4v) is 3.45. The number of alkyl halides is 6. The summed E-state index contributed by atoms with van der Waals surface area (Å²) < 4.78 is 92.6. The number of carbonyl (C=O) groups excluding carboxylic acids is 1. The van der Waals surface area contributed by atoms with Crippen molar-refractivity contribution in [2.75, 3.05) is 5.32 Å². The second-order valence-electron chi connectivity index (χ2n) is 7.33. The standard InChI is InChI=1S/C23H15ClF7NO2/c24-16-3-1-2-13(10-16)11-20(33)32-17-7-4-14(5-8-17)18-9-6-15(12-19(18)25)21(34,22(26,27)28)23(29,30)31/h1-10,12,34H,11H2,(H,32,33). The molecule has 0 spiro atoms. The fraction of sp³-hybridized carbons (Fsp3) is 0.174. The second kappa shape index (κ2) is 9.27. The molecular weight excluding hydrogens is 491 g/mol. The van der Waals surface area contributed by atoms with Crippen LogP contribution in [0, 0.1) is 5.82 Å². The van der Waals surface area contributed by atoms with E-state index in [4.69, 9.17) is 11.6 Å². The van der Waals surface area contributed by atoms with Crippen LogP contribution in [0.5, 0.6) is 0 Å². The van der Waals surface area contributed by atoms with Gasteiger partial charge in [-0.2, -0.15) is 26.3 Å². The van der Waals surface area contributed by atoms with E-state index in [1.165, 1.54) is 24.3 Å². The highest BCUT2D eigenvalue weighted by Gasteiger charge is 2.71. The zero-order valence-electron chi connectivity index (χ0n) is 16.9. The Morgan fingerprint density at radius 1 is 0.882 bits per heavy atom. The van der Waals surface area contributed by atoms with Crippen molar-refractivity contribution in [1.82, 2.24) is 0 Å². The molecule has 11 heteroatoms. The van der Waals surface area contributed by atoms with Gasteiger partial charge in [-0.15, -0.1) is 0 Å². The number of carbonyl (C=O) groups is 1. The quantitative estimate of drug-likeness (QED) is 0.382. The fourth-order valence-electron chi connectivity index (χ4n) is 3.23. The van der Waals surface area contributed by atoms with E-state index in [1.807, 2.05) is 0 Å². The molecule has 34 heavy (non-hydrogen) atoms. The number of hydrogen-bond donors (Lipinski definition) is 2. The minimum Gasteiger partial charge on any atom is -0.369 e. The lowest BCUT2D eigenvalue weighted by atomic mass is 9.90. The highest BCUT2D eigenvalue weighted by atomic mass is 35.5. The molecule has 3 aromatic rings. The Kier molecular flexibility index (Phi) is 6.95. The molecule has 0 aliphatic carbocycles. The number of hydrogen-bond acceptors (Lipinski definition) is 2. The van der Waals surface area contributed by atoms with Crippen molar-refractivity contribution in [3.63, 3.8) is 0 Å². The molecule has 0 aromatic heterocycles. The van der Waals surface area contributed by atoms with Crippen LogP contribution in [-0.4, -0.2) is 23.4 Å². The van der Waals surface area contributed by atoms with E-state index in [-0.39, 0.29) is 29.5 Å². The Morgan fingerprint density at radius 2 is 1.50 bits per heavy atom. The molecule has 180 valence electrons. The van der Waals surface area contributed by atoms with E-state index >= 15 is 0 Å². The maximum Gasteiger partial charge on any atom is 0.430 e. The van der Waals surface area contributed by atoms with Gasteiger partial charge in [0, 0.05) is 21.8 Å². The molecule has 0 heterocycles. The summed E-state index contributed by atoms with van der Waals surface area (Å²) in [6, 6.07) is 13.2. The van der Waals surface area contributed by atoms with Crippen molar-refractivity contribution >= 4 is 23.2 Å². The summed E-state index contributed by atoms with van der Waals surface area (Å²) in [5, 5.41) is 12.5. The zero-order valence-corrected chi connectivity index (χ0v) is 17.7. The molecule has 2 N–H and O–H groups in total. The Labute approximate surface area is 193 Å². The lowest BCUT2D eigenvalue weighted by Gasteiger charge is -2.32. The van der Waals surface area contributed by atoms with E-state index in [1.54, 1.807) is 24.3 Å². The number of aliphatic hydroxyl groups is 1. The predicted octanol–water partition coefficient (Wildman–Crippen LogP) is 6.64. The SMILES string of the molecule is O=C(Cc1cccc(Cl)c1)Nc1ccc(-c2ccc(C(O)(C(F)(F)F)C(F)(F)F)cc2F)cc1. The topological polar surface area (TPSA) is 49.3 Å². The summed E-state index contributed by atoms with van der Waals surface area (Å²) in [5.74, 6) is -1.77. The maximum atomic E-state index is 14.5. The molecule has 0 aliphatic rings. The van der Waals surface area contributed by atoms with Crippen LogP contribution in [0.2, 0.25) is 5.02 Å². The largest absolute Gasteiger partial charge is 0.430 e. The van der Waals surface area contributed by atoms with Gasteiger partial charge >= 0.3 is 12.4 Å². The molecule has 0 fully saturated rings. The molecule has 0 saturated carbocycles. The van der Waals surface area contributed by atoms with E-state index in [0.717, 1.165) is 0 Å². The van der Waals surface area contributed by atoms with Crippen molar-refractivity contribution in [1.29, 1.82) is 0 Å². The second-order valence-corrected chi connectivity index (χ2v) is 7.77. The highest BCUT2D eigenvalue weighted by molar-refractivity contribution is 6.30. The molecule has 0 aliphatic heterocycles. The Hall–Kier alpha value is -3.11. The summed E-state index contributed by atoms with van der Waals surface area (Å²) in [6.07, 6.45) is -12.2. The zero-order chi connectivity index (χ0) is 25.3. The van der Waals surface area contributed by atoms with Crippen LogP contribution in [0.1, 0.15) is 11.1 Å². The number of halogens is 8. The lowest BCUT2D eigenvalue weighted by Crippen LogP contribution is -2.53. The Balaban J connectivity index is 1.80. The van der Waals surface area contributed by atoms with Gasteiger partial charge in [-0.1, -0.05) is 48.0 Å². The third kappa shape index (κ3) is 5.18. The third-order valence-corrected chi connectivity index (χ3v) is 5.18. The van der Waals surface area contributed by atoms with E-state index in [0.29, 0.717) is 28.4 Å². The van der Waals surface area contributed by atoms with Gasteiger partial charge in [0.15, 0.2) is 0 Å². The first-order chi connectivity index (χ1) is 15.7. The van der Waals surface area contributed by atoms with E-state index < -0.39 is 29.3 Å². The van der Waals surface area contributed by atoms with Gasteiger partial charge in [-0.05, 0) is 41.5 Å². The van der Waals surface area contributed by atoms with Gasteiger partial charge in [0.1, 0.15) is 5.82 Å². The van der Waals surface area contributed by atoms with Gasteiger partial charge < -0.3 is 10.4 Å². The normalized spacial score (nSPS) is 12.5. The summed E-state index contributed by atoms with van der Waals surface area (Å²) in [7, 11) is 0. The molecular formula is C23H15ClF7NO2. The Morgan fingerprint density at radius 3 is 2.03 bits per heavy atom. The third-order valence-electron chi connectivity index (χ3n) is 4.94. The molecule has 3 rings (SSSR count). The Bertz CT molecular complexity index is 1180. The number of anilines is 1. The van der Waals surface area contributed by atoms with E-state index in [9.17, 15) is 40.6 Å². The first-order valence-corrected chi connectivity index (χ1v) is 9.91. The predicted molar refractivity (Wildman–Crippen MR) is 112 cm³/mol.